The van der Waals surface area contributed by atoms with E-state index in [4.69, 9.17) is 17.4 Å². The Hall–Kier alpha value is -5.23. The minimum Gasteiger partial charge on any atom is -0.507 e. The molecule has 0 bridgehead atoms. The highest BCUT2D eigenvalue weighted by Crippen LogP contribution is 2.42. The van der Waals surface area contributed by atoms with E-state index in [1.54, 1.807) is 60.9 Å². The number of fused-ring (bicyclic) bond motifs is 1. The molecule has 0 spiro atoms. The van der Waals surface area contributed by atoms with Gasteiger partial charge in [-0.2, -0.15) is 0 Å². The zero-order valence-electron chi connectivity index (χ0n) is 27.2. The molecule has 0 saturated heterocycles. The summed E-state index contributed by atoms with van der Waals surface area (Å²) in [6.45, 7) is 3.90. The van der Waals surface area contributed by atoms with Gasteiger partial charge in [0.1, 0.15) is 5.76 Å². The van der Waals surface area contributed by atoms with Crippen LogP contribution in [0.5, 0.6) is 0 Å². The number of halogens is 1. The summed E-state index contributed by atoms with van der Waals surface area (Å²) in [4.78, 5) is 54.7. The number of pyridine rings is 2. The summed E-state index contributed by atoms with van der Waals surface area (Å²) < 4.78 is 0. The minimum absolute atomic E-state index is 0.0138. The number of ketones is 2. The van der Waals surface area contributed by atoms with Crippen LogP contribution in [0.1, 0.15) is 87.6 Å². The highest BCUT2D eigenvalue weighted by molar-refractivity contribution is 6.52. The van der Waals surface area contributed by atoms with Gasteiger partial charge in [0.25, 0.3) is 11.8 Å². The van der Waals surface area contributed by atoms with Gasteiger partial charge in [0.15, 0.2) is 0 Å². The highest BCUT2D eigenvalue weighted by Gasteiger charge is 2.38. The van der Waals surface area contributed by atoms with Crippen molar-refractivity contribution in [2.75, 3.05) is 0 Å². The molecular weight excluding hydrogens is 644 g/mol. The van der Waals surface area contributed by atoms with E-state index in [-0.39, 0.29) is 29.5 Å². The Bertz CT molecular complexity index is 1770. The summed E-state index contributed by atoms with van der Waals surface area (Å²) in [7, 11) is 0. The first-order valence-electron chi connectivity index (χ1n) is 15.8. The van der Waals surface area contributed by atoms with E-state index >= 15 is 0 Å². The number of aliphatic hydroxyl groups excluding tert-OH is 1. The molecule has 6 N–H and O–H groups in total. The van der Waals surface area contributed by atoms with Crippen molar-refractivity contribution in [3.8, 4) is 0 Å². The average molecular weight is 683 g/mol. The summed E-state index contributed by atoms with van der Waals surface area (Å²) in [5.74, 6) is 3.73. The van der Waals surface area contributed by atoms with Gasteiger partial charge in [0.2, 0.25) is 11.6 Å². The zero-order chi connectivity index (χ0) is 35.3. The summed E-state index contributed by atoms with van der Waals surface area (Å²) >= 11 is 5.96. The van der Waals surface area contributed by atoms with Gasteiger partial charge in [-0.3, -0.25) is 40.0 Å². The molecule has 6 rings (SSSR count). The number of hydrazine groups is 2. The molecule has 2 aliphatic carbocycles. The van der Waals surface area contributed by atoms with Crippen LogP contribution in [0, 0.1) is 5.92 Å². The van der Waals surface area contributed by atoms with E-state index in [1.807, 2.05) is 31.4 Å². The van der Waals surface area contributed by atoms with Crippen LogP contribution < -0.4 is 22.1 Å². The third-order valence-corrected chi connectivity index (χ3v) is 8.35. The number of carbonyl (C=O) groups is 4. The fourth-order valence-corrected chi connectivity index (χ4v) is 5.71. The molecule has 0 atom stereocenters. The van der Waals surface area contributed by atoms with Crippen LogP contribution in [0.2, 0.25) is 5.02 Å². The Morgan fingerprint density at radius 1 is 0.755 bits per heavy atom. The van der Waals surface area contributed by atoms with Gasteiger partial charge in [0.05, 0.1) is 0 Å². The maximum Gasteiger partial charge on any atom is 0.265 e. The number of carbonyl (C=O) groups excluding carboxylic acids is 4. The number of aliphatic hydroxyl groups is 1. The number of allylic oxidation sites excluding steroid dienone is 1. The second-order valence-corrected chi connectivity index (χ2v) is 12.2. The average Bonchev–Trinajstić information content (AvgIpc) is 3.14. The Balaban J connectivity index is 0.000000195. The molecule has 49 heavy (non-hydrogen) atoms. The molecule has 4 aromatic rings. The Morgan fingerprint density at radius 3 is 1.80 bits per heavy atom. The molecule has 0 radical (unpaired) electrons. The fourth-order valence-electron chi connectivity index (χ4n) is 5.59. The quantitative estimate of drug-likeness (QED) is 0.0733. The predicted molar refractivity (Wildman–Crippen MR) is 187 cm³/mol. The summed E-state index contributed by atoms with van der Waals surface area (Å²) in [5.41, 5.74) is 10.9. The normalized spacial score (nSPS) is 16.8. The van der Waals surface area contributed by atoms with E-state index < -0.39 is 11.6 Å². The van der Waals surface area contributed by atoms with Crippen LogP contribution in [0.4, 0.5) is 0 Å². The number of nitrogen functional groups attached to an aromatic ring is 1. The summed E-state index contributed by atoms with van der Waals surface area (Å²) in [6, 6.07) is 21.4. The second kappa shape index (κ2) is 17.8. The molecule has 2 aromatic heterocycles. The molecule has 11 nitrogen and oxygen atoms in total. The SMILES string of the molecule is CC(C)NNC(=O)c1ccncc1.NNC(=O)c1ccncc1.O=C1C(=O)c2ccccc2C(O)=C1C1CCC(c2ccc(Cl)cc2)CC1. The first-order valence-corrected chi connectivity index (χ1v) is 16.2. The topological polar surface area (TPSA) is 176 Å². The third kappa shape index (κ3) is 9.89. The molecule has 12 heteroatoms. The molecule has 2 amide bonds. The Morgan fingerprint density at radius 2 is 1.27 bits per heavy atom. The van der Waals surface area contributed by atoms with Gasteiger partial charge < -0.3 is 5.11 Å². The van der Waals surface area contributed by atoms with Crippen molar-refractivity contribution in [1.82, 2.24) is 26.2 Å². The van der Waals surface area contributed by atoms with Crippen LogP contribution in [0.3, 0.4) is 0 Å². The Labute approximate surface area is 289 Å². The third-order valence-electron chi connectivity index (χ3n) is 8.10. The van der Waals surface area contributed by atoms with E-state index in [0.717, 1.165) is 30.7 Å². The lowest BCUT2D eigenvalue weighted by atomic mass is 9.72. The molecule has 0 unspecified atom stereocenters. The molecule has 2 aliphatic rings. The number of hydrogen-bond donors (Lipinski definition) is 5. The standard InChI is InChI=1S/C22H19ClO3.C9H13N3O.C6H7N3O/c23-16-11-9-14(10-12-16)13-5-7-15(8-6-13)19-20(24)17-3-1-2-4-18(17)21(25)22(19)26;1-7(2)11-12-9(13)8-3-5-10-6-4-8;7-9-6(10)5-1-3-8-4-2-5/h1-4,9-13,15,24H,5-8H2;3-7,11H,1-2H3,(H,12,13);1-4H,7H2,(H,9,10). The number of hydrogen-bond acceptors (Lipinski definition) is 9. The van der Waals surface area contributed by atoms with Gasteiger partial charge >= 0.3 is 0 Å². The van der Waals surface area contributed by atoms with Crippen molar-refractivity contribution >= 4 is 40.7 Å². The number of aromatic nitrogens is 2. The van der Waals surface area contributed by atoms with Crippen LogP contribution >= 0.6 is 11.6 Å². The van der Waals surface area contributed by atoms with Crippen LogP contribution in [-0.4, -0.2) is 44.5 Å². The number of nitrogens with one attached hydrogen (secondary N) is 3. The van der Waals surface area contributed by atoms with Crippen molar-refractivity contribution < 1.29 is 24.3 Å². The van der Waals surface area contributed by atoms with Crippen molar-refractivity contribution in [3.63, 3.8) is 0 Å². The monoisotopic (exact) mass is 682 g/mol. The predicted octanol–water partition coefficient (Wildman–Crippen LogP) is 5.76. The molecule has 0 aliphatic heterocycles. The van der Waals surface area contributed by atoms with Gasteiger partial charge in [-0.15, -0.1) is 0 Å². The Kier molecular flexibility index (Phi) is 13.3. The summed E-state index contributed by atoms with van der Waals surface area (Å²) in [6.07, 6.45) is 9.66. The molecule has 1 saturated carbocycles. The maximum absolute atomic E-state index is 12.6. The first kappa shape index (κ1) is 36.6. The van der Waals surface area contributed by atoms with Gasteiger partial charge in [-0.05, 0) is 93.3 Å². The zero-order valence-corrected chi connectivity index (χ0v) is 28.0. The van der Waals surface area contributed by atoms with E-state index in [1.165, 1.54) is 18.0 Å². The number of nitrogens with zero attached hydrogens (tertiary/aromatic N) is 2. The van der Waals surface area contributed by atoms with Crippen molar-refractivity contribution in [3.05, 3.63) is 136 Å². The van der Waals surface area contributed by atoms with Gasteiger partial charge in [-0.25, -0.2) is 11.3 Å². The largest absolute Gasteiger partial charge is 0.507 e. The molecule has 2 aromatic carbocycles. The lowest BCUT2D eigenvalue weighted by Crippen LogP contribution is -2.41. The van der Waals surface area contributed by atoms with Crippen molar-refractivity contribution in [1.29, 1.82) is 0 Å². The van der Waals surface area contributed by atoms with Crippen molar-refractivity contribution in [2.24, 2.45) is 11.8 Å². The summed E-state index contributed by atoms with van der Waals surface area (Å²) in [5, 5.41) is 11.4. The number of Topliss-reactive ketones (excluding diaryl/α,β-unsaturated/α-hetero) is 2. The number of amides is 2. The van der Waals surface area contributed by atoms with E-state index in [9.17, 15) is 24.3 Å². The number of nitrogens with two attached hydrogens (primary N) is 1. The molecule has 2 heterocycles. The van der Waals surface area contributed by atoms with Crippen LogP contribution in [-0.2, 0) is 4.79 Å². The number of rotatable bonds is 6. The first-order chi connectivity index (χ1) is 23.6. The molecule has 254 valence electrons. The van der Waals surface area contributed by atoms with E-state index in [0.29, 0.717) is 33.7 Å². The lowest BCUT2D eigenvalue weighted by molar-refractivity contribution is -0.112. The number of benzene rings is 2. The van der Waals surface area contributed by atoms with Gasteiger partial charge in [-0.1, -0.05) is 48.0 Å². The van der Waals surface area contributed by atoms with Crippen LogP contribution in [0.15, 0.2) is 103 Å². The molecule has 1 fully saturated rings. The van der Waals surface area contributed by atoms with Gasteiger partial charge in [0, 0.05) is 63.7 Å². The fraction of sp³-hybridized carbons (Fsp3) is 0.243. The van der Waals surface area contributed by atoms with Crippen LogP contribution in [0.25, 0.3) is 5.76 Å². The lowest BCUT2D eigenvalue weighted by Gasteiger charge is -2.31. The highest BCUT2D eigenvalue weighted by atomic mass is 35.5. The minimum atomic E-state index is -0.545. The smallest absolute Gasteiger partial charge is 0.265 e. The van der Waals surface area contributed by atoms with Crippen molar-refractivity contribution in [2.45, 2.75) is 51.5 Å². The maximum atomic E-state index is 12.6. The molecular formula is C37H39ClN6O5. The van der Waals surface area contributed by atoms with E-state index in [2.05, 4.69) is 33.0 Å². The second-order valence-electron chi connectivity index (χ2n) is 11.8.